The van der Waals surface area contributed by atoms with Crippen molar-refractivity contribution in [1.82, 2.24) is 20.5 Å². The molecule has 2 fully saturated rings. The Kier molecular flexibility index (Phi) is 8.74. The summed E-state index contributed by atoms with van der Waals surface area (Å²) < 4.78 is 30.4. The summed E-state index contributed by atoms with van der Waals surface area (Å²) in [6.45, 7) is 0.758. The maximum Gasteiger partial charge on any atom is 0.251 e. The first kappa shape index (κ1) is 30.2. The highest BCUT2D eigenvalue weighted by Crippen LogP contribution is 2.35. The third kappa shape index (κ3) is 7.11. The van der Waals surface area contributed by atoms with Gasteiger partial charge in [0, 0.05) is 28.6 Å². The van der Waals surface area contributed by atoms with Gasteiger partial charge in [0.15, 0.2) is 5.79 Å². The van der Waals surface area contributed by atoms with E-state index in [1.807, 2.05) is 17.5 Å². The molecule has 13 heteroatoms. The second-order valence-corrected chi connectivity index (χ2v) is 11.6. The van der Waals surface area contributed by atoms with Gasteiger partial charge in [0.1, 0.15) is 29.2 Å². The average molecular weight is 632 g/mol. The summed E-state index contributed by atoms with van der Waals surface area (Å²) in [6.07, 6.45) is 1.88. The van der Waals surface area contributed by atoms with E-state index in [1.165, 1.54) is 40.5 Å². The van der Waals surface area contributed by atoms with E-state index < -0.39 is 23.6 Å². The minimum atomic E-state index is -1.06. The zero-order valence-electron chi connectivity index (χ0n) is 24.0. The minimum Gasteiger partial charge on any atom is -0.457 e. The van der Waals surface area contributed by atoms with Gasteiger partial charge in [-0.1, -0.05) is 0 Å². The highest BCUT2D eigenvalue weighted by Gasteiger charge is 2.52. The molecule has 4 heterocycles. The van der Waals surface area contributed by atoms with Gasteiger partial charge in [-0.05, 0) is 77.7 Å². The molecule has 2 aliphatic rings. The zero-order valence-corrected chi connectivity index (χ0v) is 24.8. The second kappa shape index (κ2) is 13.0. The first-order chi connectivity index (χ1) is 21.8. The molecule has 4 aromatic rings. The molecule has 6 rings (SSSR count). The van der Waals surface area contributed by atoms with Gasteiger partial charge in [-0.3, -0.25) is 14.4 Å². The SMILES string of the molecule is Nc1ccc(-c2csc(CNC(=O)C3CC4(CN3C(=O)CNC(=O)c3ccc(Oc5ccc(F)cc5)cc3)OCCO4)c2)cn1. The largest absolute Gasteiger partial charge is 0.457 e. The fourth-order valence-electron chi connectivity index (χ4n) is 5.21. The summed E-state index contributed by atoms with van der Waals surface area (Å²) in [6, 6.07) is 16.6. The highest BCUT2D eigenvalue weighted by atomic mass is 32.1. The number of anilines is 1. The fraction of sp³-hybridized carbons (Fsp3) is 0.250. The third-order valence-electron chi connectivity index (χ3n) is 7.50. The number of carbonyl (C=O) groups is 3. The number of carbonyl (C=O) groups excluding carboxylic acids is 3. The normalized spacial score (nSPS) is 16.9. The number of benzene rings is 2. The Morgan fingerprint density at radius 2 is 1.71 bits per heavy atom. The maximum absolute atomic E-state index is 13.4. The molecule has 0 saturated carbocycles. The van der Waals surface area contributed by atoms with Crippen molar-refractivity contribution < 1.29 is 33.0 Å². The number of halogens is 1. The van der Waals surface area contributed by atoms with Crippen LogP contribution in [-0.2, 0) is 25.6 Å². The van der Waals surface area contributed by atoms with Crippen LogP contribution in [0.15, 0.2) is 78.3 Å². The Labute approximate surface area is 262 Å². The van der Waals surface area contributed by atoms with E-state index in [9.17, 15) is 18.8 Å². The Hall–Kier alpha value is -4.85. The number of nitrogens with zero attached hydrogens (tertiary/aromatic N) is 2. The van der Waals surface area contributed by atoms with Crippen molar-refractivity contribution in [3.05, 3.63) is 94.6 Å². The topological polar surface area (TPSA) is 145 Å². The van der Waals surface area contributed by atoms with Crippen LogP contribution in [0.2, 0.25) is 0 Å². The van der Waals surface area contributed by atoms with Crippen molar-refractivity contribution in [2.75, 3.05) is 32.0 Å². The fourth-order valence-corrected chi connectivity index (χ4v) is 6.04. The summed E-state index contributed by atoms with van der Waals surface area (Å²) >= 11 is 1.50. The van der Waals surface area contributed by atoms with Crippen LogP contribution in [0.3, 0.4) is 0 Å². The molecule has 1 unspecified atom stereocenters. The molecule has 4 N–H and O–H groups in total. The molecule has 11 nitrogen and oxygen atoms in total. The summed E-state index contributed by atoms with van der Waals surface area (Å²) in [5.41, 5.74) is 7.88. The number of thiophene rings is 1. The lowest BCUT2D eigenvalue weighted by Crippen LogP contribution is -2.49. The Morgan fingerprint density at radius 3 is 2.40 bits per heavy atom. The van der Waals surface area contributed by atoms with E-state index in [4.69, 9.17) is 19.9 Å². The number of likely N-dealkylation sites (tertiary alicyclic amines) is 1. The number of rotatable bonds is 9. The van der Waals surface area contributed by atoms with Gasteiger partial charge in [-0.2, -0.15) is 0 Å². The van der Waals surface area contributed by atoms with Crippen molar-refractivity contribution in [1.29, 1.82) is 0 Å². The lowest BCUT2D eigenvalue weighted by atomic mass is 10.1. The zero-order chi connectivity index (χ0) is 31.4. The number of amides is 3. The van der Waals surface area contributed by atoms with Crippen molar-refractivity contribution in [2.45, 2.75) is 24.8 Å². The molecule has 232 valence electrons. The molecule has 2 aromatic heterocycles. The highest BCUT2D eigenvalue weighted by molar-refractivity contribution is 7.10. The summed E-state index contributed by atoms with van der Waals surface area (Å²) in [4.78, 5) is 46.0. The van der Waals surface area contributed by atoms with Gasteiger partial charge >= 0.3 is 0 Å². The van der Waals surface area contributed by atoms with Crippen molar-refractivity contribution >= 4 is 34.9 Å². The van der Waals surface area contributed by atoms with Gasteiger partial charge in [0.05, 0.1) is 32.8 Å². The third-order valence-corrected chi connectivity index (χ3v) is 8.44. The Balaban J connectivity index is 1.05. The van der Waals surface area contributed by atoms with Crippen LogP contribution in [0.4, 0.5) is 10.2 Å². The van der Waals surface area contributed by atoms with E-state index in [1.54, 1.807) is 36.5 Å². The second-order valence-electron chi connectivity index (χ2n) is 10.6. The Morgan fingerprint density at radius 1 is 1.00 bits per heavy atom. The van der Waals surface area contributed by atoms with Crippen molar-refractivity contribution in [3.8, 4) is 22.6 Å². The molecule has 0 radical (unpaired) electrons. The maximum atomic E-state index is 13.4. The van der Waals surface area contributed by atoms with Crippen LogP contribution in [0.1, 0.15) is 21.7 Å². The van der Waals surface area contributed by atoms with Crippen molar-refractivity contribution in [3.63, 3.8) is 0 Å². The summed E-state index contributed by atoms with van der Waals surface area (Å²) in [5.74, 6) is -1.32. The first-order valence-corrected chi connectivity index (χ1v) is 15.1. The predicted molar refractivity (Wildman–Crippen MR) is 164 cm³/mol. The molecule has 2 saturated heterocycles. The Bertz CT molecular complexity index is 1670. The smallest absolute Gasteiger partial charge is 0.251 e. The molecule has 3 amide bonds. The summed E-state index contributed by atoms with van der Waals surface area (Å²) in [5, 5.41) is 7.54. The lowest BCUT2D eigenvalue weighted by Gasteiger charge is -2.24. The van der Waals surface area contributed by atoms with Crippen LogP contribution < -0.4 is 21.1 Å². The predicted octanol–water partition coefficient (Wildman–Crippen LogP) is 3.71. The first-order valence-electron chi connectivity index (χ1n) is 14.2. The van der Waals surface area contributed by atoms with E-state index in [0.717, 1.165) is 16.0 Å². The van der Waals surface area contributed by atoms with Crippen LogP contribution >= 0.6 is 11.3 Å². The molecular formula is C32H30FN5O6S. The van der Waals surface area contributed by atoms with E-state index in [-0.39, 0.29) is 37.8 Å². The number of ether oxygens (including phenoxy) is 3. The molecular weight excluding hydrogens is 601 g/mol. The van der Waals surface area contributed by atoms with Crippen LogP contribution in [-0.4, -0.2) is 65.7 Å². The molecule has 2 aliphatic heterocycles. The number of nitrogens with two attached hydrogens (primary N) is 1. The molecule has 1 atom stereocenters. The van der Waals surface area contributed by atoms with Gasteiger partial charge in [0.25, 0.3) is 5.91 Å². The lowest BCUT2D eigenvalue weighted by molar-refractivity contribution is -0.152. The van der Waals surface area contributed by atoms with Gasteiger partial charge in [-0.15, -0.1) is 11.3 Å². The standard InChI is InChI=1S/C32H30FN5O6S/c33-23-4-8-25(9-5-23)44-24-6-1-20(2-7-24)30(40)37-17-29(39)38-19-32(42-11-12-43-32)14-27(38)31(41)36-16-26-13-22(18-45-26)21-3-10-28(34)35-15-21/h1-10,13,15,18,27H,11-12,14,16-17,19H2,(H2,34,35)(H,36,41)(H,37,40). The van der Waals surface area contributed by atoms with Crippen LogP contribution in [0.25, 0.3) is 11.1 Å². The van der Waals surface area contributed by atoms with Gasteiger partial charge in [0.2, 0.25) is 11.8 Å². The number of hydrogen-bond donors (Lipinski definition) is 3. The average Bonchev–Trinajstić information content (AvgIpc) is 3.81. The molecule has 0 aliphatic carbocycles. The number of aromatic nitrogens is 1. The minimum absolute atomic E-state index is 0.0719. The quantitative estimate of drug-likeness (QED) is 0.254. The van der Waals surface area contributed by atoms with Gasteiger partial charge in [-0.25, -0.2) is 9.37 Å². The molecule has 1 spiro atoms. The van der Waals surface area contributed by atoms with Gasteiger partial charge < -0.3 is 35.5 Å². The van der Waals surface area contributed by atoms with Crippen molar-refractivity contribution in [2.24, 2.45) is 0 Å². The van der Waals surface area contributed by atoms with E-state index >= 15 is 0 Å². The van der Waals surface area contributed by atoms with E-state index in [0.29, 0.717) is 36.1 Å². The molecule has 2 aromatic carbocycles. The number of hydrogen-bond acceptors (Lipinski definition) is 9. The van der Waals surface area contributed by atoms with Crippen LogP contribution in [0, 0.1) is 5.82 Å². The monoisotopic (exact) mass is 631 g/mol. The number of nitrogen functional groups attached to an aromatic ring is 1. The number of pyridine rings is 1. The van der Waals surface area contributed by atoms with Crippen LogP contribution in [0.5, 0.6) is 11.5 Å². The van der Waals surface area contributed by atoms with E-state index in [2.05, 4.69) is 15.6 Å². The molecule has 0 bridgehead atoms. The molecule has 45 heavy (non-hydrogen) atoms. The summed E-state index contributed by atoms with van der Waals surface area (Å²) in [7, 11) is 0. The number of nitrogens with one attached hydrogen (secondary N) is 2.